The third-order valence-corrected chi connectivity index (χ3v) is 4.15. The lowest BCUT2D eigenvalue weighted by Crippen LogP contribution is -2.49. The summed E-state index contributed by atoms with van der Waals surface area (Å²) < 4.78 is 32.4. The van der Waals surface area contributed by atoms with Gasteiger partial charge < -0.3 is 30.4 Å². The molecule has 0 amide bonds. The Kier molecular flexibility index (Phi) is 7.56. The molecule has 25 heavy (non-hydrogen) atoms. The maximum absolute atomic E-state index is 10.8. The Morgan fingerprint density at radius 3 is 2.16 bits per heavy atom. The van der Waals surface area contributed by atoms with Crippen molar-refractivity contribution in [2.75, 3.05) is 29.8 Å². The summed E-state index contributed by atoms with van der Waals surface area (Å²) in [4.78, 5) is 1.54. The zero-order chi connectivity index (χ0) is 19.4. The van der Waals surface area contributed by atoms with Crippen molar-refractivity contribution in [3.8, 4) is 0 Å². The molecule has 0 spiro atoms. The van der Waals surface area contributed by atoms with Gasteiger partial charge in [-0.3, -0.25) is 9.27 Å². The van der Waals surface area contributed by atoms with Crippen molar-refractivity contribution in [1.29, 1.82) is 0 Å². The molecule has 0 aliphatic heterocycles. The monoisotopic (exact) mass is 380 g/mol. The van der Waals surface area contributed by atoms with Gasteiger partial charge in [0.25, 0.3) is 0 Å². The zero-order valence-electron chi connectivity index (χ0n) is 13.8. The fourth-order valence-electron chi connectivity index (χ4n) is 2.20. The first-order chi connectivity index (χ1) is 11.5. The summed E-state index contributed by atoms with van der Waals surface area (Å²) in [6, 6.07) is 4.53. The van der Waals surface area contributed by atoms with E-state index in [1.807, 2.05) is 4.72 Å². The number of nitrogens with zero attached hydrogens (tertiary/aromatic N) is 1. The zero-order valence-corrected chi connectivity index (χ0v) is 14.6. The molecule has 0 aliphatic rings. The number of anilines is 2. The average Bonchev–Trinajstić information content (AvgIpc) is 2.53. The summed E-state index contributed by atoms with van der Waals surface area (Å²) in [6.07, 6.45) is -6.39. The molecule has 7 N–H and O–H groups in total. The van der Waals surface area contributed by atoms with E-state index < -0.39 is 41.3 Å². The first-order valence-electron chi connectivity index (χ1n) is 7.36. The van der Waals surface area contributed by atoms with Crippen LogP contribution in [0.25, 0.3) is 0 Å². The smallest absolute Gasteiger partial charge is 0.357 e. The Morgan fingerprint density at radius 1 is 1.12 bits per heavy atom. The van der Waals surface area contributed by atoms with Gasteiger partial charge in [-0.05, 0) is 30.7 Å². The third kappa shape index (κ3) is 6.40. The van der Waals surface area contributed by atoms with Crippen LogP contribution >= 0.6 is 0 Å². The minimum Gasteiger partial charge on any atom is -0.394 e. The molecule has 0 heterocycles. The lowest BCUT2D eigenvalue weighted by Gasteiger charge is -2.29. The number of hydrogen-bond acceptors (Lipinski definition) is 8. The van der Waals surface area contributed by atoms with Crippen LogP contribution in [0, 0.1) is 6.92 Å². The number of benzene rings is 1. The maximum atomic E-state index is 10.8. The van der Waals surface area contributed by atoms with Crippen molar-refractivity contribution in [3.63, 3.8) is 0 Å². The molecule has 11 heteroatoms. The third-order valence-electron chi connectivity index (χ3n) is 3.68. The van der Waals surface area contributed by atoms with Crippen molar-refractivity contribution >= 4 is 21.7 Å². The number of hydrogen-bond donors (Lipinski definition) is 7. The number of aliphatic hydroxyl groups excluding tert-OH is 5. The number of aryl methyl sites for hydroxylation is 1. The SMILES string of the molecule is Cc1cc(N(C)CC(O)C(O)C(O)C(O)CO)ccc1NS(=O)(=O)O. The fraction of sp³-hybridized carbons (Fsp3) is 0.571. The quantitative estimate of drug-likeness (QED) is 0.241. The van der Waals surface area contributed by atoms with Gasteiger partial charge >= 0.3 is 10.3 Å². The number of nitrogens with one attached hydrogen (secondary N) is 1. The molecule has 0 fully saturated rings. The van der Waals surface area contributed by atoms with Gasteiger partial charge in [-0.1, -0.05) is 0 Å². The van der Waals surface area contributed by atoms with E-state index in [0.29, 0.717) is 11.3 Å². The van der Waals surface area contributed by atoms with Crippen LogP contribution in [0.2, 0.25) is 0 Å². The Balaban J connectivity index is 2.80. The van der Waals surface area contributed by atoms with Crippen LogP contribution in [0.15, 0.2) is 18.2 Å². The van der Waals surface area contributed by atoms with Crippen LogP contribution in [0.5, 0.6) is 0 Å². The molecule has 1 aromatic carbocycles. The van der Waals surface area contributed by atoms with Gasteiger partial charge in [0.05, 0.1) is 18.4 Å². The van der Waals surface area contributed by atoms with Crippen LogP contribution in [0.4, 0.5) is 11.4 Å². The summed E-state index contributed by atoms with van der Waals surface area (Å²) in [5.74, 6) is 0. The van der Waals surface area contributed by atoms with Crippen molar-refractivity contribution in [2.24, 2.45) is 0 Å². The molecule has 1 rings (SSSR count). The molecule has 144 valence electrons. The Morgan fingerprint density at radius 2 is 1.68 bits per heavy atom. The lowest BCUT2D eigenvalue weighted by molar-refractivity contribution is -0.112. The highest BCUT2D eigenvalue weighted by Crippen LogP contribution is 2.23. The summed E-state index contributed by atoms with van der Waals surface area (Å²) in [6.45, 7) is 0.737. The second-order valence-electron chi connectivity index (χ2n) is 5.76. The van der Waals surface area contributed by atoms with Gasteiger partial charge in [0.2, 0.25) is 0 Å². The average molecular weight is 380 g/mol. The van der Waals surface area contributed by atoms with Crippen LogP contribution in [-0.4, -0.2) is 83.1 Å². The largest absolute Gasteiger partial charge is 0.394 e. The second-order valence-corrected chi connectivity index (χ2v) is 6.91. The highest BCUT2D eigenvalue weighted by atomic mass is 32.2. The van der Waals surface area contributed by atoms with Crippen molar-refractivity contribution in [2.45, 2.75) is 31.3 Å². The standard InChI is InChI=1S/C14H24N2O8S/c1-8-5-9(3-4-10(8)15-25(22,23)24)16(2)6-11(18)13(20)14(21)12(19)7-17/h3-5,11-15,17-21H,6-7H2,1-2H3,(H,22,23,24). The number of aliphatic hydroxyl groups is 5. The highest BCUT2D eigenvalue weighted by Gasteiger charge is 2.30. The fourth-order valence-corrected chi connectivity index (χ4v) is 2.70. The van der Waals surface area contributed by atoms with E-state index in [4.69, 9.17) is 9.66 Å². The summed E-state index contributed by atoms with van der Waals surface area (Å²) >= 11 is 0. The maximum Gasteiger partial charge on any atom is 0.357 e. The molecular formula is C14H24N2O8S. The summed E-state index contributed by atoms with van der Waals surface area (Å²) in [5, 5.41) is 47.4. The van der Waals surface area contributed by atoms with Crippen molar-refractivity contribution < 1.29 is 38.5 Å². The Bertz CT molecular complexity index is 669. The van der Waals surface area contributed by atoms with Gasteiger partial charge in [-0.15, -0.1) is 0 Å². The van der Waals surface area contributed by atoms with Gasteiger partial charge in [0.1, 0.15) is 18.3 Å². The Labute approximate surface area is 145 Å². The molecule has 0 saturated heterocycles. The predicted octanol–water partition coefficient (Wildman–Crippen LogP) is -1.92. The molecule has 10 nitrogen and oxygen atoms in total. The molecular weight excluding hydrogens is 356 g/mol. The topological polar surface area (TPSA) is 171 Å². The minimum atomic E-state index is -4.39. The van der Waals surface area contributed by atoms with Crippen LogP contribution in [0.1, 0.15) is 5.56 Å². The van der Waals surface area contributed by atoms with Gasteiger partial charge in [-0.2, -0.15) is 8.42 Å². The van der Waals surface area contributed by atoms with E-state index >= 15 is 0 Å². The van der Waals surface area contributed by atoms with Crippen LogP contribution in [0.3, 0.4) is 0 Å². The number of rotatable bonds is 9. The minimum absolute atomic E-state index is 0.110. The summed E-state index contributed by atoms with van der Waals surface area (Å²) in [5.41, 5.74) is 1.26. The molecule has 0 aromatic heterocycles. The van der Waals surface area contributed by atoms with E-state index in [2.05, 4.69) is 0 Å². The Hall–Kier alpha value is -1.47. The second kappa shape index (κ2) is 8.76. The van der Waals surface area contributed by atoms with Crippen LogP contribution < -0.4 is 9.62 Å². The summed E-state index contributed by atoms with van der Waals surface area (Å²) in [7, 11) is -2.80. The van der Waals surface area contributed by atoms with Gasteiger partial charge in [0.15, 0.2) is 0 Å². The molecule has 0 aliphatic carbocycles. The number of likely N-dealkylation sites (N-methyl/N-ethyl adjacent to an activating group) is 1. The van der Waals surface area contributed by atoms with Gasteiger partial charge in [0, 0.05) is 19.3 Å². The molecule has 0 bridgehead atoms. The normalized spacial score (nSPS) is 16.8. The van der Waals surface area contributed by atoms with E-state index in [1.54, 1.807) is 20.0 Å². The molecule has 4 atom stereocenters. The van der Waals surface area contributed by atoms with Crippen molar-refractivity contribution in [3.05, 3.63) is 23.8 Å². The van der Waals surface area contributed by atoms with E-state index in [9.17, 15) is 28.8 Å². The molecule has 0 saturated carbocycles. The molecule has 0 radical (unpaired) electrons. The van der Waals surface area contributed by atoms with E-state index in [1.165, 1.54) is 17.0 Å². The van der Waals surface area contributed by atoms with E-state index in [-0.39, 0.29) is 12.2 Å². The highest BCUT2D eigenvalue weighted by molar-refractivity contribution is 7.87. The molecule has 1 aromatic rings. The van der Waals surface area contributed by atoms with Crippen LogP contribution in [-0.2, 0) is 10.3 Å². The first-order valence-corrected chi connectivity index (χ1v) is 8.80. The lowest BCUT2D eigenvalue weighted by atomic mass is 10.0. The first kappa shape index (κ1) is 21.6. The predicted molar refractivity (Wildman–Crippen MR) is 90.7 cm³/mol. The van der Waals surface area contributed by atoms with Gasteiger partial charge in [-0.25, -0.2) is 0 Å². The van der Waals surface area contributed by atoms with Crippen molar-refractivity contribution in [1.82, 2.24) is 0 Å². The van der Waals surface area contributed by atoms with E-state index in [0.717, 1.165) is 0 Å². The molecule has 4 unspecified atom stereocenters.